The number of anilines is 1. The summed E-state index contributed by atoms with van der Waals surface area (Å²) in [5.74, 6) is 0.647. The number of benzene rings is 1. The van der Waals surface area contributed by atoms with Crippen molar-refractivity contribution >= 4 is 11.6 Å². The van der Waals surface area contributed by atoms with Gasteiger partial charge >= 0.3 is 0 Å². The average Bonchev–Trinajstić information content (AvgIpc) is 3.05. The number of hydrogen-bond donors (Lipinski definition) is 0. The van der Waals surface area contributed by atoms with Gasteiger partial charge in [-0.25, -0.2) is 4.39 Å². The summed E-state index contributed by atoms with van der Waals surface area (Å²) < 4.78 is 19.3. The Balaban J connectivity index is 1.67. The molecule has 0 bridgehead atoms. The van der Waals surface area contributed by atoms with Crippen LogP contribution in [0.3, 0.4) is 0 Å². The van der Waals surface area contributed by atoms with Gasteiger partial charge in [-0.1, -0.05) is 6.07 Å². The van der Waals surface area contributed by atoms with Crippen molar-refractivity contribution in [1.29, 1.82) is 0 Å². The van der Waals surface area contributed by atoms with E-state index in [0.29, 0.717) is 11.3 Å². The van der Waals surface area contributed by atoms with Crippen molar-refractivity contribution in [3.63, 3.8) is 0 Å². The molecule has 0 radical (unpaired) electrons. The fourth-order valence-corrected chi connectivity index (χ4v) is 3.34. The van der Waals surface area contributed by atoms with Crippen LogP contribution in [-0.4, -0.2) is 29.9 Å². The molecule has 0 N–H and O–H groups in total. The zero-order valence-corrected chi connectivity index (χ0v) is 14.2. The van der Waals surface area contributed by atoms with Crippen molar-refractivity contribution in [2.75, 3.05) is 18.0 Å². The summed E-state index contributed by atoms with van der Waals surface area (Å²) in [5, 5.41) is 0. The average molecular weight is 330 g/mol. The van der Waals surface area contributed by atoms with Gasteiger partial charge in [0.2, 0.25) is 5.91 Å². The van der Waals surface area contributed by atoms with Gasteiger partial charge in [-0.2, -0.15) is 0 Å². The normalized spacial score (nSPS) is 16.3. The first-order chi connectivity index (χ1) is 11.5. The van der Waals surface area contributed by atoms with Gasteiger partial charge in [0.1, 0.15) is 11.6 Å². The Morgan fingerprint density at radius 1 is 1.33 bits per heavy atom. The lowest BCUT2D eigenvalue weighted by Gasteiger charge is -2.38. The number of rotatable bonds is 4. The molecule has 1 saturated heterocycles. The second-order valence-corrected chi connectivity index (χ2v) is 6.41. The van der Waals surface area contributed by atoms with E-state index in [0.717, 1.165) is 38.2 Å². The molecule has 2 aromatic rings. The van der Waals surface area contributed by atoms with Crippen molar-refractivity contribution in [1.82, 2.24) is 4.90 Å². The number of furan rings is 1. The molecular weight excluding hydrogens is 307 g/mol. The smallest absolute Gasteiger partial charge is 0.224 e. The van der Waals surface area contributed by atoms with Crippen LogP contribution in [0.1, 0.15) is 31.1 Å². The minimum absolute atomic E-state index is 0.0391. The third-order valence-electron chi connectivity index (χ3n) is 4.65. The van der Waals surface area contributed by atoms with E-state index in [4.69, 9.17) is 4.42 Å². The molecule has 2 heterocycles. The van der Waals surface area contributed by atoms with Gasteiger partial charge in [-0.3, -0.25) is 9.69 Å². The molecule has 128 valence electrons. The Hall–Kier alpha value is -2.14. The Bertz CT molecular complexity index is 691. The Morgan fingerprint density at radius 3 is 2.67 bits per heavy atom. The van der Waals surface area contributed by atoms with Gasteiger partial charge in [0, 0.05) is 31.7 Å². The number of amides is 1. The van der Waals surface area contributed by atoms with Gasteiger partial charge in [0.25, 0.3) is 0 Å². The maximum Gasteiger partial charge on any atom is 0.224 e. The van der Waals surface area contributed by atoms with Crippen molar-refractivity contribution in [2.45, 2.75) is 39.3 Å². The number of halogens is 1. The number of piperidine rings is 1. The highest BCUT2D eigenvalue weighted by Gasteiger charge is 2.28. The lowest BCUT2D eigenvalue weighted by Crippen LogP contribution is -2.46. The molecule has 24 heavy (non-hydrogen) atoms. The molecule has 1 fully saturated rings. The highest BCUT2D eigenvalue weighted by Crippen LogP contribution is 2.26. The van der Waals surface area contributed by atoms with Crippen molar-refractivity contribution < 1.29 is 13.6 Å². The molecule has 4 nitrogen and oxygen atoms in total. The third kappa shape index (κ3) is 3.67. The van der Waals surface area contributed by atoms with E-state index in [1.807, 2.05) is 18.2 Å². The third-order valence-corrected chi connectivity index (χ3v) is 4.65. The van der Waals surface area contributed by atoms with E-state index in [9.17, 15) is 9.18 Å². The molecule has 1 aromatic heterocycles. The van der Waals surface area contributed by atoms with Crippen LogP contribution in [0, 0.1) is 12.7 Å². The van der Waals surface area contributed by atoms with Crippen LogP contribution < -0.4 is 4.90 Å². The van der Waals surface area contributed by atoms with Crippen LogP contribution in [0.15, 0.2) is 41.0 Å². The number of likely N-dealkylation sites (tertiary alicyclic amines) is 1. The Kier molecular flexibility index (Phi) is 5.00. The fourth-order valence-electron chi connectivity index (χ4n) is 3.34. The van der Waals surface area contributed by atoms with E-state index in [-0.39, 0.29) is 17.8 Å². The Labute approximate surface area is 141 Å². The summed E-state index contributed by atoms with van der Waals surface area (Å²) in [5.41, 5.74) is 1.24. The summed E-state index contributed by atoms with van der Waals surface area (Å²) in [6.07, 6.45) is 3.43. The summed E-state index contributed by atoms with van der Waals surface area (Å²) in [7, 11) is 0. The van der Waals surface area contributed by atoms with Crippen molar-refractivity contribution in [2.24, 2.45) is 0 Å². The second kappa shape index (κ2) is 7.18. The first-order valence-corrected chi connectivity index (χ1v) is 8.35. The number of aryl methyl sites for hydroxylation is 1. The molecule has 0 spiro atoms. The number of carbonyl (C=O) groups excluding carboxylic acids is 1. The maximum absolute atomic E-state index is 13.9. The van der Waals surface area contributed by atoms with Crippen LogP contribution in [0.2, 0.25) is 0 Å². The van der Waals surface area contributed by atoms with Gasteiger partial charge < -0.3 is 9.32 Å². The molecule has 0 aliphatic carbocycles. The predicted octanol–water partition coefficient (Wildman–Crippen LogP) is 3.74. The zero-order chi connectivity index (χ0) is 17.1. The molecule has 0 saturated carbocycles. The predicted molar refractivity (Wildman–Crippen MR) is 91.3 cm³/mol. The molecule has 1 amide bonds. The highest BCUT2D eigenvalue weighted by molar-refractivity contribution is 5.92. The molecule has 0 unspecified atom stereocenters. The fraction of sp³-hybridized carbons (Fsp3) is 0.421. The highest BCUT2D eigenvalue weighted by atomic mass is 19.1. The summed E-state index contributed by atoms with van der Waals surface area (Å²) in [6, 6.07) is 9.00. The molecule has 1 aromatic carbocycles. The van der Waals surface area contributed by atoms with Crippen LogP contribution in [0.5, 0.6) is 0 Å². The van der Waals surface area contributed by atoms with Gasteiger partial charge in [-0.05, 0) is 49.6 Å². The monoisotopic (exact) mass is 330 g/mol. The van der Waals surface area contributed by atoms with Crippen molar-refractivity contribution in [3.05, 3.63) is 53.7 Å². The summed E-state index contributed by atoms with van der Waals surface area (Å²) in [6.45, 7) is 5.85. The van der Waals surface area contributed by atoms with E-state index < -0.39 is 0 Å². The molecule has 1 aliphatic heterocycles. The lowest BCUT2D eigenvalue weighted by molar-refractivity contribution is -0.117. The van der Waals surface area contributed by atoms with E-state index >= 15 is 0 Å². The second-order valence-electron chi connectivity index (χ2n) is 6.41. The van der Waals surface area contributed by atoms with Crippen molar-refractivity contribution in [3.8, 4) is 0 Å². The summed E-state index contributed by atoms with van der Waals surface area (Å²) >= 11 is 0. The lowest BCUT2D eigenvalue weighted by atomic mass is 10.0. The first kappa shape index (κ1) is 16.7. The van der Waals surface area contributed by atoms with Gasteiger partial charge in [0.05, 0.1) is 12.8 Å². The number of hydrogen-bond acceptors (Lipinski definition) is 3. The quantitative estimate of drug-likeness (QED) is 0.857. The number of nitrogens with zero attached hydrogens (tertiary/aromatic N) is 2. The molecule has 0 atom stereocenters. The minimum atomic E-state index is -0.269. The topological polar surface area (TPSA) is 36.7 Å². The first-order valence-electron chi connectivity index (χ1n) is 8.35. The van der Waals surface area contributed by atoms with Gasteiger partial charge in [-0.15, -0.1) is 0 Å². The van der Waals surface area contributed by atoms with Crippen LogP contribution >= 0.6 is 0 Å². The SMILES string of the molecule is CC(=O)N(c1ccc(C)c(F)c1)C1CCN(Cc2ccco2)CC1. The molecular formula is C19H23FN2O2. The largest absolute Gasteiger partial charge is 0.468 e. The Morgan fingerprint density at radius 2 is 2.08 bits per heavy atom. The number of carbonyl (C=O) groups is 1. The minimum Gasteiger partial charge on any atom is -0.468 e. The molecule has 1 aliphatic rings. The maximum atomic E-state index is 13.9. The van der Waals surface area contributed by atoms with Crippen LogP contribution in [-0.2, 0) is 11.3 Å². The van der Waals surface area contributed by atoms with Crippen LogP contribution in [0.4, 0.5) is 10.1 Å². The van der Waals surface area contributed by atoms with E-state index in [1.54, 1.807) is 31.1 Å². The van der Waals surface area contributed by atoms with Gasteiger partial charge in [0.15, 0.2) is 0 Å². The van der Waals surface area contributed by atoms with E-state index in [2.05, 4.69) is 4.90 Å². The van der Waals surface area contributed by atoms with Crippen LogP contribution in [0.25, 0.3) is 0 Å². The molecule has 3 rings (SSSR count). The summed E-state index contributed by atoms with van der Waals surface area (Å²) in [4.78, 5) is 16.2. The molecule has 5 heteroatoms. The standard InChI is InChI=1S/C19H23FN2O2/c1-14-5-6-17(12-19(14)20)22(15(2)23)16-7-9-21(10-8-16)13-18-4-3-11-24-18/h3-6,11-12,16H,7-10,13H2,1-2H3. The zero-order valence-electron chi connectivity index (χ0n) is 14.2. The van der Waals surface area contributed by atoms with E-state index in [1.165, 1.54) is 6.07 Å².